The zero-order chi connectivity index (χ0) is 5.98. The molecule has 1 saturated heterocycles. The number of cyclic esters (lactones) is 1. The number of carbonyl (C=O) groups is 1. The average molecular weight is 192 g/mol. The van der Waals surface area contributed by atoms with Crippen LogP contribution in [0.25, 0.3) is 0 Å². The van der Waals surface area contributed by atoms with Crippen molar-refractivity contribution in [3.8, 4) is 0 Å². The summed E-state index contributed by atoms with van der Waals surface area (Å²) in [6.07, 6.45) is 2.74. The molecular weight excluding hydrogens is 179 g/mol. The van der Waals surface area contributed by atoms with Gasteiger partial charge in [0, 0.05) is 6.42 Å². The summed E-state index contributed by atoms with van der Waals surface area (Å²) in [6, 6.07) is 0. The Morgan fingerprint density at radius 1 is 1.78 bits per heavy atom. The number of ether oxygens (including phenoxy) is 1. The van der Waals surface area contributed by atoms with Crippen LogP contribution in [0.1, 0.15) is 26.2 Å². The molecule has 0 aromatic heterocycles. The molecule has 2 atom stereocenters. The fraction of sp³-hybridized carbons (Fsp3) is 0.833. The molecule has 1 aliphatic heterocycles. The fourth-order valence-electron chi connectivity index (χ4n) is 0.870. The van der Waals surface area contributed by atoms with Crippen LogP contribution < -0.4 is 0 Å². The van der Waals surface area contributed by atoms with E-state index in [9.17, 15) is 4.79 Å². The molecule has 0 spiro atoms. The van der Waals surface area contributed by atoms with Crippen molar-refractivity contribution in [1.82, 2.24) is 0 Å². The van der Waals surface area contributed by atoms with Crippen molar-refractivity contribution in [2.45, 2.75) is 32.3 Å². The minimum absolute atomic E-state index is 0. The second-order valence-electron chi connectivity index (χ2n) is 2.06. The predicted molar refractivity (Wildman–Crippen MR) is 39.3 cm³/mol. The van der Waals surface area contributed by atoms with E-state index in [0.29, 0.717) is 6.42 Å². The number of hydrogen-bond acceptors (Lipinski definition) is 2. The van der Waals surface area contributed by atoms with Gasteiger partial charge in [-0.2, -0.15) is 0 Å². The molecule has 0 aromatic rings. The molecular formula is C6H13AsO2. The van der Waals surface area contributed by atoms with Crippen molar-refractivity contribution in [3.63, 3.8) is 0 Å². The van der Waals surface area contributed by atoms with Gasteiger partial charge in [0.25, 0.3) is 0 Å². The molecule has 0 bridgehead atoms. The van der Waals surface area contributed by atoms with Crippen LogP contribution in [0, 0.1) is 0 Å². The van der Waals surface area contributed by atoms with Crippen LogP contribution in [0.3, 0.4) is 0 Å². The van der Waals surface area contributed by atoms with Gasteiger partial charge in [0.15, 0.2) is 0 Å². The van der Waals surface area contributed by atoms with Crippen molar-refractivity contribution in [3.05, 3.63) is 0 Å². The van der Waals surface area contributed by atoms with E-state index in [4.69, 9.17) is 4.74 Å². The van der Waals surface area contributed by atoms with Gasteiger partial charge in [-0.25, -0.2) is 0 Å². The van der Waals surface area contributed by atoms with Gasteiger partial charge in [0.2, 0.25) is 0 Å². The van der Waals surface area contributed by atoms with Gasteiger partial charge in [0.05, 0.1) is 0 Å². The Morgan fingerprint density at radius 2 is 2.44 bits per heavy atom. The fourth-order valence-corrected chi connectivity index (χ4v) is 0.870. The number of rotatable bonds is 1. The molecule has 3 heteroatoms. The number of hydrogen-bond donors (Lipinski definition) is 0. The third kappa shape index (κ3) is 2.40. The summed E-state index contributed by atoms with van der Waals surface area (Å²) in [4.78, 5) is 10.4. The summed E-state index contributed by atoms with van der Waals surface area (Å²) in [7, 11) is 0. The third-order valence-corrected chi connectivity index (χ3v) is 1.42. The molecule has 1 fully saturated rings. The van der Waals surface area contributed by atoms with Gasteiger partial charge in [-0.1, -0.05) is 6.92 Å². The Labute approximate surface area is 66.3 Å². The normalized spacial score (nSPS) is 25.0. The molecule has 0 radical (unpaired) electrons. The molecule has 0 amide bonds. The maximum absolute atomic E-state index is 10.4. The molecule has 9 heavy (non-hydrogen) atoms. The second-order valence-corrected chi connectivity index (χ2v) is 2.06. The van der Waals surface area contributed by atoms with Crippen molar-refractivity contribution < 1.29 is 9.53 Å². The first-order valence-electron chi connectivity index (χ1n) is 3.02. The van der Waals surface area contributed by atoms with Crippen LogP contribution in [0.2, 0.25) is 0 Å². The van der Waals surface area contributed by atoms with Crippen molar-refractivity contribution in [2.75, 3.05) is 0 Å². The van der Waals surface area contributed by atoms with Crippen LogP contribution in [0.15, 0.2) is 0 Å². The van der Waals surface area contributed by atoms with Crippen LogP contribution in [0.4, 0.5) is 0 Å². The van der Waals surface area contributed by atoms with Gasteiger partial charge in [-0.15, -0.1) is 0 Å². The molecule has 1 aliphatic rings. The Morgan fingerprint density at radius 3 is 2.67 bits per heavy atom. The van der Waals surface area contributed by atoms with E-state index in [1.165, 1.54) is 0 Å². The maximum atomic E-state index is 10.4. The van der Waals surface area contributed by atoms with E-state index < -0.39 is 0 Å². The zero-order valence-corrected chi connectivity index (χ0v) is 8.69. The van der Waals surface area contributed by atoms with Gasteiger partial charge < -0.3 is 4.74 Å². The van der Waals surface area contributed by atoms with Crippen LogP contribution >= 0.6 is 0 Å². The van der Waals surface area contributed by atoms with E-state index in [0.717, 1.165) is 12.8 Å². The molecule has 54 valence electrons. The number of esters is 1. The average Bonchev–Trinajstić information content (AvgIpc) is 2.14. The Balaban J connectivity index is 0.000000640. The SMILES string of the molecule is CCC1CCC(=O)O1.[AsH3]. The number of carbonyl (C=O) groups excluding carboxylic acids is 1. The van der Waals surface area contributed by atoms with Gasteiger partial charge >= 0.3 is 23.9 Å². The molecule has 1 rings (SSSR count). The minimum atomic E-state index is -0.0307. The Hall–Kier alpha value is 0.0284. The summed E-state index contributed by atoms with van der Waals surface area (Å²) >= 11 is 0. The van der Waals surface area contributed by atoms with Gasteiger partial charge in [-0.05, 0) is 12.8 Å². The monoisotopic (exact) mass is 192 g/mol. The predicted octanol–water partition coefficient (Wildman–Crippen LogP) is -0.0819. The quantitative estimate of drug-likeness (QED) is 0.429. The van der Waals surface area contributed by atoms with E-state index in [2.05, 4.69) is 0 Å². The first kappa shape index (κ1) is 9.03. The summed E-state index contributed by atoms with van der Waals surface area (Å²) in [5.41, 5.74) is 0. The molecule has 1 heterocycles. The van der Waals surface area contributed by atoms with Crippen molar-refractivity contribution in [1.29, 1.82) is 0 Å². The molecule has 0 aliphatic carbocycles. The second kappa shape index (κ2) is 3.94. The zero-order valence-electron chi connectivity index (χ0n) is 5.72. The molecule has 0 saturated carbocycles. The van der Waals surface area contributed by atoms with Gasteiger partial charge in [0.1, 0.15) is 6.10 Å². The standard InChI is InChI=1S/C6H10O2.AsH3/c1-2-5-3-4-6(7)8-5;/h5H,2-4H2,1H3;1H3. The first-order chi connectivity index (χ1) is 3.83. The Bertz CT molecular complexity index is 103. The molecule has 0 aromatic carbocycles. The molecule has 2 unspecified atom stereocenters. The molecule has 0 N–H and O–H groups in total. The topological polar surface area (TPSA) is 26.3 Å². The third-order valence-electron chi connectivity index (χ3n) is 1.42. The van der Waals surface area contributed by atoms with E-state index in [1.807, 2.05) is 6.92 Å². The van der Waals surface area contributed by atoms with Crippen molar-refractivity contribution >= 4 is 23.9 Å². The van der Waals surface area contributed by atoms with E-state index >= 15 is 0 Å². The van der Waals surface area contributed by atoms with E-state index in [-0.39, 0.29) is 30.0 Å². The van der Waals surface area contributed by atoms with Crippen LogP contribution in [-0.4, -0.2) is 30.0 Å². The summed E-state index contributed by atoms with van der Waals surface area (Å²) < 4.78 is 4.87. The Kier molecular flexibility index (Phi) is 3.96. The first-order valence-corrected chi connectivity index (χ1v) is 3.02. The summed E-state index contributed by atoms with van der Waals surface area (Å²) in [6.45, 7) is 2.03. The van der Waals surface area contributed by atoms with Crippen LogP contribution in [0.5, 0.6) is 0 Å². The van der Waals surface area contributed by atoms with Gasteiger partial charge in [-0.3, -0.25) is 4.79 Å². The van der Waals surface area contributed by atoms with Crippen molar-refractivity contribution in [2.24, 2.45) is 0 Å². The molecule has 2 nitrogen and oxygen atoms in total. The summed E-state index contributed by atoms with van der Waals surface area (Å²) in [5.74, 6) is -0.0307. The van der Waals surface area contributed by atoms with E-state index in [1.54, 1.807) is 0 Å². The summed E-state index contributed by atoms with van der Waals surface area (Å²) in [5, 5.41) is 0. The van der Waals surface area contributed by atoms with Crippen LogP contribution in [-0.2, 0) is 9.53 Å².